The lowest BCUT2D eigenvalue weighted by Gasteiger charge is -2.31. The third-order valence-electron chi connectivity index (χ3n) is 3.66. The molecule has 0 saturated heterocycles. The number of fused-ring (bicyclic) bond motifs is 1. The largest absolute Gasteiger partial charge is 0.477 e. The van der Waals surface area contributed by atoms with Crippen LogP contribution in [0.1, 0.15) is 25.0 Å². The lowest BCUT2D eigenvalue weighted by molar-refractivity contribution is -0.153. The molecule has 0 bridgehead atoms. The average Bonchev–Trinajstić information content (AvgIpc) is 2.51. The summed E-state index contributed by atoms with van der Waals surface area (Å²) in [6.07, 6.45) is 6.83. The fourth-order valence-corrected chi connectivity index (χ4v) is 2.59. The van der Waals surface area contributed by atoms with Gasteiger partial charge in [-0.05, 0) is 37.8 Å². The van der Waals surface area contributed by atoms with Gasteiger partial charge in [-0.15, -0.1) is 6.58 Å². The molecule has 0 fully saturated rings. The van der Waals surface area contributed by atoms with Crippen molar-refractivity contribution in [3.8, 4) is 5.75 Å². The Labute approximate surface area is 126 Å². The molecule has 0 spiro atoms. The number of hydrogen-bond donors (Lipinski definition) is 0. The lowest BCUT2D eigenvalue weighted by atomic mass is 9.89. The summed E-state index contributed by atoms with van der Waals surface area (Å²) >= 11 is 0. The highest BCUT2D eigenvalue weighted by atomic mass is 16.6. The van der Waals surface area contributed by atoms with Gasteiger partial charge in [0.25, 0.3) is 0 Å². The Morgan fingerprint density at radius 1 is 1.52 bits per heavy atom. The molecule has 2 unspecified atom stereocenters. The molecular formula is C18H22O3. The van der Waals surface area contributed by atoms with Gasteiger partial charge in [-0.3, -0.25) is 0 Å². The highest BCUT2D eigenvalue weighted by molar-refractivity contribution is 5.76. The van der Waals surface area contributed by atoms with Gasteiger partial charge in [0.1, 0.15) is 5.75 Å². The van der Waals surface area contributed by atoms with Gasteiger partial charge >= 0.3 is 5.97 Å². The predicted octanol–water partition coefficient (Wildman–Crippen LogP) is 3.47. The van der Waals surface area contributed by atoms with E-state index in [1.54, 1.807) is 13.0 Å². The van der Waals surface area contributed by atoms with E-state index < -0.39 is 6.10 Å². The molecule has 0 aliphatic carbocycles. The van der Waals surface area contributed by atoms with Crippen molar-refractivity contribution in [2.75, 3.05) is 6.61 Å². The first-order chi connectivity index (χ1) is 10.2. The van der Waals surface area contributed by atoms with Gasteiger partial charge in [0.05, 0.1) is 6.61 Å². The van der Waals surface area contributed by atoms with Crippen molar-refractivity contribution < 1.29 is 14.3 Å². The van der Waals surface area contributed by atoms with E-state index in [-0.39, 0.29) is 11.9 Å². The van der Waals surface area contributed by atoms with E-state index in [0.717, 1.165) is 29.7 Å². The summed E-state index contributed by atoms with van der Waals surface area (Å²) in [6.45, 7) is 7.97. The smallest absolute Gasteiger partial charge is 0.347 e. The van der Waals surface area contributed by atoms with E-state index in [1.165, 1.54) is 0 Å². The number of benzene rings is 1. The molecule has 0 amide bonds. The summed E-state index contributed by atoms with van der Waals surface area (Å²) < 4.78 is 11.1. The molecule has 112 valence electrons. The molecule has 0 aromatic heterocycles. The normalized spacial score (nSPS) is 20.7. The number of carbonyl (C=O) groups excluding carboxylic acids is 1. The number of allylic oxidation sites excluding steroid dienone is 2. The van der Waals surface area contributed by atoms with Gasteiger partial charge in [-0.2, -0.15) is 0 Å². The second-order valence-electron chi connectivity index (χ2n) is 5.07. The molecule has 2 atom stereocenters. The number of esters is 1. The van der Waals surface area contributed by atoms with Crippen LogP contribution in [0.15, 0.2) is 43.0 Å². The molecule has 3 heteroatoms. The number of hydrogen-bond acceptors (Lipinski definition) is 3. The summed E-state index contributed by atoms with van der Waals surface area (Å²) in [4.78, 5) is 12.1. The molecule has 1 heterocycles. The van der Waals surface area contributed by atoms with Crippen LogP contribution in [0.3, 0.4) is 0 Å². The van der Waals surface area contributed by atoms with E-state index in [2.05, 4.69) is 12.7 Å². The van der Waals surface area contributed by atoms with Gasteiger partial charge < -0.3 is 9.47 Å². The zero-order valence-electron chi connectivity index (χ0n) is 12.7. The van der Waals surface area contributed by atoms with Gasteiger partial charge in [0.15, 0.2) is 0 Å². The van der Waals surface area contributed by atoms with Crippen molar-refractivity contribution >= 4 is 5.97 Å². The van der Waals surface area contributed by atoms with Crippen LogP contribution >= 0.6 is 0 Å². The minimum atomic E-state index is -0.596. The molecule has 0 saturated carbocycles. The Kier molecular flexibility index (Phi) is 5.20. The second kappa shape index (κ2) is 7.11. The zero-order chi connectivity index (χ0) is 15.2. The highest BCUT2D eigenvalue weighted by Crippen LogP contribution is 2.35. The summed E-state index contributed by atoms with van der Waals surface area (Å²) in [5, 5.41) is 0. The average molecular weight is 286 g/mol. The Morgan fingerprint density at radius 3 is 3.00 bits per heavy atom. The van der Waals surface area contributed by atoms with Crippen molar-refractivity contribution in [3.05, 3.63) is 54.1 Å². The quantitative estimate of drug-likeness (QED) is 0.614. The van der Waals surface area contributed by atoms with Crippen molar-refractivity contribution in [1.29, 1.82) is 0 Å². The van der Waals surface area contributed by atoms with Crippen molar-refractivity contribution in [1.82, 2.24) is 0 Å². The molecule has 1 aliphatic rings. The second-order valence-corrected chi connectivity index (χ2v) is 5.07. The molecule has 2 rings (SSSR count). The van der Waals surface area contributed by atoms with E-state index in [1.807, 2.05) is 31.2 Å². The summed E-state index contributed by atoms with van der Waals surface area (Å²) in [5.41, 5.74) is 2.23. The number of carbonyl (C=O) groups is 1. The minimum Gasteiger partial charge on any atom is -0.477 e. The maximum atomic E-state index is 12.1. The van der Waals surface area contributed by atoms with Crippen molar-refractivity contribution in [3.63, 3.8) is 0 Å². The summed E-state index contributed by atoms with van der Waals surface area (Å²) in [6, 6.07) is 6.12. The van der Waals surface area contributed by atoms with E-state index in [9.17, 15) is 4.79 Å². The van der Waals surface area contributed by atoms with Crippen molar-refractivity contribution in [2.45, 2.75) is 32.8 Å². The van der Waals surface area contributed by atoms with Gasteiger partial charge in [0, 0.05) is 5.92 Å². The Morgan fingerprint density at radius 2 is 2.33 bits per heavy atom. The SMILES string of the molecule is C=CC1Cc2cccc(C/C=C/C)c2OC1C(=O)OCC. The van der Waals surface area contributed by atoms with E-state index in [0.29, 0.717) is 6.61 Å². The van der Waals surface area contributed by atoms with Crippen LogP contribution in [0.4, 0.5) is 0 Å². The molecule has 1 aliphatic heterocycles. The fourth-order valence-electron chi connectivity index (χ4n) is 2.59. The summed E-state index contributed by atoms with van der Waals surface area (Å²) in [5.74, 6) is 0.467. The summed E-state index contributed by atoms with van der Waals surface area (Å²) in [7, 11) is 0. The topological polar surface area (TPSA) is 35.5 Å². The van der Waals surface area contributed by atoms with Crippen LogP contribution in [-0.2, 0) is 22.4 Å². The fraction of sp³-hybridized carbons (Fsp3) is 0.389. The maximum absolute atomic E-state index is 12.1. The molecule has 21 heavy (non-hydrogen) atoms. The van der Waals surface area contributed by atoms with Gasteiger partial charge in [0.2, 0.25) is 6.10 Å². The van der Waals surface area contributed by atoms with Gasteiger partial charge in [-0.1, -0.05) is 36.4 Å². The first-order valence-electron chi connectivity index (χ1n) is 7.39. The molecule has 1 aromatic rings. The van der Waals surface area contributed by atoms with E-state index >= 15 is 0 Å². The predicted molar refractivity (Wildman–Crippen MR) is 83.4 cm³/mol. The third-order valence-corrected chi connectivity index (χ3v) is 3.66. The third kappa shape index (κ3) is 3.35. The van der Waals surface area contributed by atoms with Crippen molar-refractivity contribution in [2.24, 2.45) is 5.92 Å². The molecular weight excluding hydrogens is 264 g/mol. The van der Waals surface area contributed by atoms with Crippen LogP contribution in [0, 0.1) is 5.92 Å². The van der Waals surface area contributed by atoms with Crippen LogP contribution in [0.25, 0.3) is 0 Å². The first-order valence-corrected chi connectivity index (χ1v) is 7.39. The molecule has 0 N–H and O–H groups in total. The zero-order valence-corrected chi connectivity index (χ0v) is 12.7. The first kappa shape index (κ1) is 15.4. The molecule has 0 radical (unpaired) electrons. The Hall–Kier alpha value is -2.03. The minimum absolute atomic E-state index is 0.0477. The monoisotopic (exact) mass is 286 g/mol. The number of para-hydroxylation sites is 1. The Balaban J connectivity index is 2.32. The van der Waals surface area contributed by atoms with Crippen LogP contribution < -0.4 is 4.74 Å². The standard InChI is InChI=1S/C18H22O3/c1-4-7-9-14-10-8-11-15-12-13(5-2)17(21-16(14)15)18(19)20-6-3/h4-5,7-8,10-11,13,17H,2,6,9,12H2,1,3H3/b7-4+. The maximum Gasteiger partial charge on any atom is 0.347 e. The van der Waals surface area contributed by atoms with E-state index in [4.69, 9.17) is 9.47 Å². The molecule has 3 nitrogen and oxygen atoms in total. The van der Waals surface area contributed by atoms with Crippen LogP contribution in [0.2, 0.25) is 0 Å². The molecule has 1 aromatic carbocycles. The Bertz CT molecular complexity index is 545. The number of ether oxygens (including phenoxy) is 2. The van der Waals surface area contributed by atoms with Gasteiger partial charge in [-0.25, -0.2) is 4.79 Å². The number of rotatable bonds is 5. The van der Waals surface area contributed by atoms with Crippen LogP contribution in [0.5, 0.6) is 5.75 Å². The van der Waals surface area contributed by atoms with Crippen LogP contribution in [-0.4, -0.2) is 18.7 Å². The lowest BCUT2D eigenvalue weighted by Crippen LogP contribution is -2.40. The highest BCUT2D eigenvalue weighted by Gasteiger charge is 2.35.